The van der Waals surface area contributed by atoms with E-state index in [-0.39, 0.29) is 35.5 Å². The van der Waals surface area contributed by atoms with E-state index in [1.807, 2.05) is 18.2 Å². The van der Waals surface area contributed by atoms with Crippen molar-refractivity contribution in [3.05, 3.63) is 33.8 Å². The Morgan fingerprint density at radius 3 is 2.52 bits per heavy atom. The van der Waals surface area contributed by atoms with Crippen molar-refractivity contribution in [1.82, 2.24) is 10.6 Å². The number of aliphatic hydroxyl groups is 1. The topological polar surface area (TPSA) is 65.9 Å². The van der Waals surface area contributed by atoms with Gasteiger partial charge in [-0.2, -0.15) is 0 Å². The molecular weight excluding hydrogens is 524 g/mol. The number of aliphatic hydroxyl groups excluding tert-OH is 1. The smallest absolute Gasteiger partial charge is 0.191 e. The van der Waals surface area contributed by atoms with Gasteiger partial charge >= 0.3 is 0 Å². The first-order valence-electron chi connectivity index (χ1n) is 10.3. The normalized spacial score (nSPS) is 24.5. The lowest BCUT2D eigenvalue weighted by Crippen LogP contribution is -2.46. The van der Waals surface area contributed by atoms with Crippen LogP contribution in [-0.2, 0) is 10.2 Å². The van der Waals surface area contributed by atoms with Crippen LogP contribution in [0, 0.1) is 0 Å². The number of nitrogens with zero attached hydrogens (tertiary/aromatic N) is 1. The molecule has 0 amide bonds. The summed E-state index contributed by atoms with van der Waals surface area (Å²) in [4.78, 5) is 4.95. The molecule has 29 heavy (non-hydrogen) atoms. The second-order valence-corrected chi connectivity index (χ2v) is 8.71. The van der Waals surface area contributed by atoms with E-state index in [0.717, 1.165) is 56.6 Å². The lowest BCUT2D eigenvalue weighted by molar-refractivity contribution is 0.0531. The molecule has 1 saturated heterocycles. The molecule has 2 aliphatic rings. The van der Waals surface area contributed by atoms with Crippen LogP contribution in [0.4, 0.5) is 0 Å². The third kappa shape index (κ3) is 6.86. The molecule has 0 bridgehead atoms. The van der Waals surface area contributed by atoms with Crippen molar-refractivity contribution in [3.8, 4) is 0 Å². The largest absolute Gasteiger partial charge is 0.393 e. The zero-order valence-electron chi connectivity index (χ0n) is 16.9. The molecule has 1 aliphatic heterocycles. The van der Waals surface area contributed by atoms with Gasteiger partial charge in [0.05, 0.1) is 12.6 Å². The highest BCUT2D eigenvalue weighted by molar-refractivity contribution is 14.0. The number of benzene rings is 1. The highest BCUT2D eigenvalue weighted by atomic mass is 127. The van der Waals surface area contributed by atoms with E-state index in [9.17, 15) is 5.11 Å². The van der Waals surface area contributed by atoms with Crippen LogP contribution in [-0.4, -0.2) is 49.5 Å². The van der Waals surface area contributed by atoms with E-state index >= 15 is 0 Å². The number of hydrogen-bond donors (Lipinski definition) is 3. The Bertz CT molecular complexity index is 676. The first kappa shape index (κ1) is 25.0. The molecule has 8 heteroatoms. The fraction of sp³-hybridized carbons (Fsp3) is 0.667. The van der Waals surface area contributed by atoms with E-state index in [0.29, 0.717) is 35.8 Å². The summed E-state index contributed by atoms with van der Waals surface area (Å²) in [5, 5.41) is 18.0. The summed E-state index contributed by atoms with van der Waals surface area (Å²) in [6.45, 7) is 4.93. The summed E-state index contributed by atoms with van der Waals surface area (Å²) >= 11 is 12.7. The van der Waals surface area contributed by atoms with Crippen molar-refractivity contribution < 1.29 is 9.84 Å². The van der Waals surface area contributed by atoms with Gasteiger partial charge < -0.3 is 20.5 Å². The number of guanidine groups is 1. The van der Waals surface area contributed by atoms with Gasteiger partial charge in [0.25, 0.3) is 0 Å². The van der Waals surface area contributed by atoms with Crippen LogP contribution >= 0.6 is 47.2 Å². The van der Waals surface area contributed by atoms with Crippen LogP contribution in [0.5, 0.6) is 0 Å². The van der Waals surface area contributed by atoms with Crippen LogP contribution in [0.1, 0.15) is 51.0 Å². The lowest BCUT2D eigenvalue weighted by atomic mass is 9.74. The third-order valence-electron chi connectivity index (χ3n) is 5.87. The number of ether oxygens (including phenoxy) is 1. The Kier molecular flexibility index (Phi) is 10.3. The number of hydrogen-bond acceptors (Lipinski definition) is 3. The van der Waals surface area contributed by atoms with Gasteiger partial charge in [-0.05, 0) is 63.1 Å². The van der Waals surface area contributed by atoms with Gasteiger partial charge in [-0.15, -0.1) is 24.0 Å². The molecule has 0 aromatic heterocycles. The quantitative estimate of drug-likeness (QED) is 0.284. The van der Waals surface area contributed by atoms with Gasteiger partial charge in [-0.25, -0.2) is 0 Å². The Labute approximate surface area is 201 Å². The highest BCUT2D eigenvalue weighted by Crippen LogP contribution is 2.40. The first-order chi connectivity index (χ1) is 13.5. The standard InChI is InChI=1S/C21H31Cl2N3O2.HI/c1-2-24-20(26-16-4-6-17(27)7-5-16)25-14-21(9-11-28-12-10-21)18-8-3-15(22)13-19(18)23;/h3,8,13,16-17,27H,2,4-7,9-12,14H2,1H3,(H2,24,25,26);1H. The van der Waals surface area contributed by atoms with Crippen molar-refractivity contribution in [2.75, 3.05) is 26.3 Å². The molecule has 1 aromatic rings. The summed E-state index contributed by atoms with van der Waals surface area (Å²) in [7, 11) is 0. The molecule has 0 atom stereocenters. The monoisotopic (exact) mass is 555 g/mol. The molecule has 0 unspecified atom stereocenters. The fourth-order valence-corrected chi connectivity index (χ4v) is 4.77. The molecular formula is C21H32Cl2IN3O2. The molecule has 0 spiro atoms. The predicted octanol–water partition coefficient (Wildman–Crippen LogP) is 4.52. The Morgan fingerprint density at radius 1 is 1.21 bits per heavy atom. The van der Waals surface area contributed by atoms with Gasteiger partial charge in [-0.3, -0.25) is 4.99 Å². The summed E-state index contributed by atoms with van der Waals surface area (Å²) in [6.07, 6.45) is 5.23. The number of rotatable bonds is 5. The summed E-state index contributed by atoms with van der Waals surface area (Å²) in [6, 6.07) is 6.11. The predicted molar refractivity (Wildman–Crippen MR) is 131 cm³/mol. The van der Waals surface area contributed by atoms with Crippen LogP contribution in [0.15, 0.2) is 23.2 Å². The molecule has 2 fully saturated rings. The second-order valence-electron chi connectivity index (χ2n) is 7.86. The van der Waals surface area contributed by atoms with Crippen molar-refractivity contribution in [2.24, 2.45) is 4.99 Å². The van der Waals surface area contributed by atoms with Gasteiger partial charge in [0.15, 0.2) is 5.96 Å². The average Bonchev–Trinajstić information content (AvgIpc) is 2.69. The van der Waals surface area contributed by atoms with Crippen molar-refractivity contribution in [1.29, 1.82) is 0 Å². The van der Waals surface area contributed by atoms with E-state index in [1.54, 1.807) is 0 Å². The summed E-state index contributed by atoms with van der Waals surface area (Å²) < 4.78 is 5.62. The number of nitrogens with one attached hydrogen (secondary N) is 2. The molecule has 5 nitrogen and oxygen atoms in total. The van der Waals surface area contributed by atoms with Gasteiger partial charge in [0, 0.05) is 41.3 Å². The fourth-order valence-electron chi connectivity index (χ4n) is 4.16. The number of aliphatic imine (C=N–C) groups is 1. The SMILES string of the molecule is CCNC(=NCC1(c2ccc(Cl)cc2Cl)CCOCC1)NC1CCC(O)CC1.I. The van der Waals surface area contributed by atoms with Crippen molar-refractivity contribution in [3.63, 3.8) is 0 Å². The molecule has 1 aromatic carbocycles. The zero-order valence-corrected chi connectivity index (χ0v) is 20.8. The zero-order chi connectivity index (χ0) is 20.0. The van der Waals surface area contributed by atoms with Crippen LogP contribution in [0.2, 0.25) is 10.0 Å². The maximum atomic E-state index is 9.74. The van der Waals surface area contributed by atoms with Crippen LogP contribution < -0.4 is 10.6 Å². The van der Waals surface area contributed by atoms with Crippen LogP contribution in [0.3, 0.4) is 0 Å². The van der Waals surface area contributed by atoms with E-state index in [2.05, 4.69) is 17.6 Å². The minimum absolute atomic E-state index is 0. The molecule has 1 heterocycles. The minimum Gasteiger partial charge on any atom is -0.393 e. The highest BCUT2D eigenvalue weighted by Gasteiger charge is 2.36. The molecule has 1 aliphatic carbocycles. The van der Waals surface area contributed by atoms with Gasteiger partial charge in [0.2, 0.25) is 0 Å². The Morgan fingerprint density at radius 2 is 1.90 bits per heavy atom. The number of halogens is 3. The minimum atomic E-state index is -0.157. The molecule has 164 valence electrons. The third-order valence-corrected chi connectivity index (χ3v) is 6.42. The maximum absolute atomic E-state index is 9.74. The Balaban J connectivity index is 0.00000300. The van der Waals surface area contributed by atoms with Crippen molar-refractivity contribution in [2.45, 2.75) is 63.0 Å². The molecule has 3 rings (SSSR count). The maximum Gasteiger partial charge on any atom is 0.191 e. The molecule has 1 saturated carbocycles. The molecule has 0 radical (unpaired) electrons. The van der Waals surface area contributed by atoms with E-state index < -0.39 is 0 Å². The van der Waals surface area contributed by atoms with Crippen molar-refractivity contribution >= 4 is 53.1 Å². The summed E-state index contributed by atoms with van der Waals surface area (Å²) in [5.41, 5.74) is 0.952. The average molecular weight is 556 g/mol. The van der Waals surface area contributed by atoms with E-state index in [1.165, 1.54) is 0 Å². The van der Waals surface area contributed by atoms with E-state index in [4.69, 9.17) is 32.9 Å². The molecule has 3 N–H and O–H groups in total. The lowest BCUT2D eigenvalue weighted by Gasteiger charge is -2.37. The van der Waals surface area contributed by atoms with Gasteiger partial charge in [-0.1, -0.05) is 29.3 Å². The summed E-state index contributed by atoms with van der Waals surface area (Å²) in [5.74, 6) is 0.833. The Hall–Kier alpha value is -0.280. The first-order valence-corrected chi connectivity index (χ1v) is 11.0. The van der Waals surface area contributed by atoms with Gasteiger partial charge in [0.1, 0.15) is 0 Å². The second kappa shape index (κ2) is 11.9. The van der Waals surface area contributed by atoms with Crippen LogP contribution in [0.25, 0.3) is 0 Å².